The van der Waals surface area contributed by atoms with E-state index in [1.165, 1.54) is 13.3 Å². The minimum Gasteiger partial charge on any atom is -0.493 e. The Kier molecular flexibility index (Phi) is 9.78. The van der Waals surface area contributed by atoms with Crippen molar-refractivity contribution >= 4 is 29.6 Å². The average Bonchev–Trinajstić information content (AvgIpc) is 2.89. The molecule has 0 aromatic heterocycles. The molecular formula is C28H30N4O5. The van der Waals surface area contributed by atoms with E-state index in [0.29, 0.717) is 30.0 Å². The van der Waals surface area contributed by atoms with Crippen LogP contribution in [0.4, 0.5) is 5.69 Å². The van der Waals surface area contributed by atoms with Gasteiger partial charge in [0.25, 0.3) is 5.91 Å². The lowest BCUT2D eigenvalue weighted by Gasteiger charge is -2.12. The average molecular weight is 503 g/mol. The van der Waals surface area contributed by atoms with Crippen LogP contribution in [0.3, 0.4) is 0 Å². The van der Waals surface area contributed by atoms with Crippen LogP contribution in [-0.4, -0.2) is 44.2 Å². The smallest absolute Gasteiger partial charge is 0.329 e. The summed E-state index contributed by atoms with van der Waals surface area (Å²) in [6.45, 7) is 4.04. The molecule has 37 heavy (non-hydrogen) atoms. The van der Waals surface area contributed by atoms with Gasteiger partial charge < -0.3 is 20.1 Å². The fourth-order valence-electron chi connectivity index (χ4n) is 3.43. The molecule has 0 aliphatic rings. The van der Waals surface area contributed by atoms with Gasteiger partial charge in [0.1, 0.15) is 0 Å². The number of anilines is 1. The third kappa shape index (κ3) is 8.50. The van der Waals surface area contributed by atoms with Crippen LogP contribution in [0.15, 0.2) is 71.8 Å². The molecule has 0 aliphatic carbocycles. The van der Waals surface area contributed by atoms with Crippen LogP contribution in [0.2, 0.25) is 0 Å². The van der Waals surface area contributed by atoms with Gasteiger partial charge in [0.2, 0.25) is 0 Å². The molecule has 0 saturated heterocycles. The first-order valence-electron chi connectivity index (χ1n) is 11.7. The summed E-state index contributed by atoms with van der Waals surface area (Å²) in [5.74, 6) is -1.19. The van der Waals surface area contributed by atoms with Crippen LogP contribution in [-0.2, 0) is 20.8 Å². The van der Waals surface area contributed by atoms with E-state index in [1.807, 2.05) is 62.4 Å². The lowest BCUT2D eigenvalue weighted by Crippen LogP contribution is -2.38. The number of nitrogens with one attached hydrogen (secondary N) is 3. The van der Waals surface area contributed by atoms with Crippen LogP contribution in [0.1, 0.15) is 22.3 Å². The number of hydrogen-bond acceptors (Lipinski definition) is 6. The van der Waals surface area contributed by atoms with Crippen molar-refractivity contribution in [2.45, 2.75) is 20.3 Å². The third-order valence-corrected chi connectivity index (χ3v) is 5.33. The maximum absolute atomic E-state index is 12.3. The van der Waals surface area contributed by atoms with E-state index in [4.69, 9.17) is 9.47 Å². The third-order valence-electron chi connectivity index (χ3n) is 5.33. The summed E-state index contributed by atoms with van der Waals surface area (Å²) in [6.07, 6.45) is 1.99. The molecule has 3 amide bonds. The molecule has 0 spiro atoms. The van der Waals surface area contributed by atoms with Crippen molar-refractivity contribution in [3.63, 3.8) is 0 Å². The summed E-state index contributed by atoms with van der Waals surface area (Å²) >= 11 is 0. The molecule has 0 atom stereocenters. The van der Waals surface area contributed by atoms with Crippen molar-refractivity contribution in [2.24, 2.45) is 5.10 Å². The summed E-state index contributed by atoms with van der Waals surface area (Å²) in [5.41, 5.74) is 6.65. The Hall–Kier alpha value is -4.66. The lowest BCUT2D eigenvalue weighted by molar-refractivity contribution is -0.139. The number of ether oxygens (including phenoxy) is 2. The van der Waals surface area contributed by atoms with Crippen molar-refractivity contribution in [3.05, 3.63) is 89.0 Å². The van der Waals surface area contributed by atoms with Crippen molar-refractivity contribution in [3.8, 4) is 11.5 Å². The van der Waals surface area contributed by atoms with Gasteiger partial charge >= 0.3 is 11.8 Å². The van der Waals surface area contributed by atoms with Gasteiger partial charge in [-0.1, -0.05) is 48.0 Å². The van der Waals surface area contributed by atoms with E-state index in [2.05, 4.69) is 21.2 Å². The van der Waals surface area contributed by atoms with Gasteiger partial charge in [0, 0.05) is 12.2 Å². The quantitative estimate of drug-likeness (QED) is 0.224. The Bertz CT molecular complexity index is 1270. The van der Waals surface area contributed by atoms with Gasteiger partial charge in [0.15, 0.2) is 18.1 Å². The fourth-order valence-corrected chi connectivity index (χ4v) is 3.43. The number of nitrogens with zero attached hydrogens (tertiary/aromatic N) is 1. The molecule has 0 aliphatic heterocycles. The van der Waals surface area contributed by atoms with Crippen LogP contribution in [0.25, 0.3) is 0 Å². The Balaban J connectivity index is 1.47. The minimum atomic E-state index is -0.869. The van der Waals surface area contributed by atoms with Crippen LogP contribution < -0.4 is 25.5 Å². The number of carbonyl (C=O) groups excluding carboxylic acids is 3. The first kappa shape index (κ1) is 26.9. The molecule has 0 bridgehead atoms. The molecule has 9 nitrogen and oxygen atoms in total. The maximum Gasteiger partial charge on any atom is 0.329 e. The fraction of sp³-hybridized carbons (Fsp3) is 0.214. The number of aryl methyl sites for hydroxylation is 2. The van der Waals surface area contributed by atoms with E-state index in [9.17, 15) is 14.4 Å². The van der Waals surface area contributed by atoms with Gasteiger partial charge in [-0.05, 0) is 61.2 Å². The van der Waals surface area contributed by atoms with Crippen LogP contribution in [0.5, 0.6) is 11.5 Å². The van der Waals surface area contributed by atoms with Crippen molar-refractivity contribution in [1.29, 1.82) is 0 Å². The van der Waals surface area contributed by atoms with E-state index < -0.39 is 11.8 Å². The SMILES string of the molecule is COc1cc(/C=N\NC(=O)C(=O)NCCc2ccccc2)ccc1OCC(=O)Nc1ccc(C)cc1C. The molecule has 3 aromatic rings. The maximum atomic E-state index is 12.3. The summed E-state index contributed by atoms with van der Waals surface area (Å²) in [4.78, 5) is 36.2. The van der Waals surface area contributed by atoms with Gasteiger partial charge in [-0.25, -0.2) is 5.43 Å². The predicted octanol–water partition coefficient (Wildman–Crippen LogP) is 3.14. The predicted molar refractivity (Wildman–Crippen MR) is 142 cm³/mol. The molecule has 3 aromatic carbocycles. The first-order chi connectivity index (χ1) is 17.9. The largest absolute Gasteiger partial charge is 0.493 e. The molecule has 3 rings (SSSR count). The number of hydrogen-bond donors (Lipinski definition) is 3. The first-order valence-corrected chi connectivity index (χ1v) is 11.7. The van der Waals surface area contributed by atoms with Crippen molar-refractivity contribution in [2.75, 3.05) is 25.6 Å². The molecule has 0 radical (unpaired) electrons. The number of hydrazone groups is 1. The van der Waals surface area contributed by atoms with E-state index in [0.717, 1.165) is 22.4 Å². The van der Waals surface area contributed by atoms with Crippen LogP contribution >= 0.6 is 0 Å². The molecule has 0 heterocycles. The molecule has 0 unspecified atom stereocenters. The van der Waals surface area contributed by atoms with E-state index in [-0.39, 0.29) is 12.5 Å². The van der Waals surface area contributed by atoms with Gasteiger partial charge in [0.05, 0.1) is 13.3 Å². The molecule has 192 valence electrons. The van der Waals surface area contributed by atoms with Crippen molar-refractivity contribution in [1.82, 2.24) is 10.7 Å². The number of rotatable bonds is 10. The van der Waals surface area contributed by atoms with E-state index >= 15 is 0 Å². The Morgan fingerprint density at radius 3 is 2.43 bits per heavy atom. The van der Waals surface area contributed by atoms with Gasteiger partial charge in [-0.2, -0.15) is 5.10 Å². The number of benzene rings is 3. The highest BCUT2D eigenvalue weighted by Crippen LogP contribution is 2.27. The normalized spacial score (nSPS) is 10.6. The molecule has 0 saturated carbocycles. The topological polar surface area (TPSA) is 118 Å². The second-order valence-corrected chi connectivity index (χ2v) is 8.26. The zero-order valence-corrected chi connectivity index (χ0v) is 21.0. The monoisotopic (exact) mass is 502 g/mol. The zero-order chi connectivity index (χ0) is 26.6. The molecule has 3 N–H and O–H groups in total. The van der Waals surface area contributed by atoms with E-state index in [1.54, 1.807) is 18.2 Å². The Labute approximate surface area is 215 Å². The van der Waals surface area contributed by atoms with Gasteiger partial charge in [-0.15, -0.1) is 0 Å². The number of amides is 3. The van der Waals surface area contributed by atoms with Crippen molar-refractivity contribution < 1.29 is 23.9 Å². The second-order valence-electron chi connectivity index (χ2n) is 8.26. The molecule has 0 fully saturated rings. The zero-order valence-electron chi connectivity index (χ0n) is 21.0. The Morgan fingerprint density at radius 1 is 0.919 bits per heavy atom. The standard InChI is InChI=1S/C28H30N4O5/c1-19-9-11-23(20(2)15-19)31-26(33)18-37-24-12-10-22(16-25(24)36-3)17-30-32-28(35)27(34)29-14-13-21-7-5-4-6-8-21/h4-12,15-17H,13-14,18H2,1-3H3,(H,29,34)(H,31,33)(H,32,35)/b30-17-. The summed E-state index contributed by atoms with van der Waals surface area (Å²) < 4.78 is 11.0. The second kappa shape index (κ2) is 13.4. The van der Waals surface area contributed by atoms with Gasteiger partial charge in [-0.3, -0.25) is 14.4 Å². The Morgan fingerprint density at radius 2 is 1.70 bits per heavy atom. The van der Waals surface area contributed by atoms with Crippen LogP contribution in [0, 0.1) is 13.8 Å². The highest BCUT2D eigenvalue weighted by molar-refractivity contribution is 6.35. The molecule has 9 heteroatoms. The summed E-state index contributed by atoms with van der Waals surface area (Å²) in [6, 6.07) is 20.3. The number of carbonyl (C=O) groups is 3. The lowest BCUT2D eigenvalue weighted by atomic mass is 10.1. The highest BCUT2D eigenvalue weighted by Gasteiger charge is 2.12. The minimum absolute atomic E-state index is 0.202. The number of methoxy groups -OCH3 is 1. The summed E-state index contributed by atoms with van der Waals surface area (Å²) in [5, 5.41) is 9.20. The molecular weight excluding hydrogens is 472 g/mol. The highest BCUT2D eigenvalue weighted by atomic mass is 16.5. The summed E-state index contributed by atoms with van der Waals surface area (Å²) in [7, 11) is 1.47.